The summed E-state index contributed by atoms with van der Waals surface area (Å²) in [4.78, 5) is 15.8. The molecule has 5 nitrogen and oxygen atoms in total. The molecule has 1 aliphatic rings. The predicted molar refractivity (Wildman–Crippen MR) is 81.9 cm³/mol. The van der Waals surface area contributed by atoms with E-state index in [-0.39, 0.29) is 5.56 Å². The fourth-order valence-electron chi connectivity index (χ4n) is 2.98. The van der Waals surface area contributed by atoms with Gasteiger partial charge in [0.25, 0.3) is 0 Å². The van der Waals surface area contributed by atoms with E-state index < -0.39 is 5.97 Å². The van der Waals surface area contributed by atoms with Gasteiger partial charge in [0, 0.05) is 19.1 Å². The molecule has 5 heteroatoms. The Morgan fingerprint density at radius 3 is 2.86 bits per heavy atom. The number of rotatable bonds is 6. The smallest absolute Gasteiger partial charge is 0.339 e. The van der Waals surface area contributed by atoms with Gasteiger partial charge in [-0.3, -0.25) is 4.90 Å². The van der Waals surface area contributed by atoms with Crippen molar-refractivity contribution in [2.75, 3.05) is 34.3 Å². The molecule has 1 aliphatic heterocycles. The second kappa shape index (κ2) is 6.91. The summed E-state index contributed by atoms with van der Waals surface area (Å²) in [7, 11) is 5.71. The van der Waals surface area contributed by atoms with E-state index in [0.717, 1.165) is 25.2 Å². The lowest BCUT2D eigenvalue weighted by Crippen LogP contribution is -2.37. The number of carbonyl (C=O) groups is 1. The van der Waals surface area contributed by atoms with Crippen molar-refractivity contribution in [2.24, 2.45) is 0 Å². The Morgan fingerprint density at radius 1 is 1.48 bits per heavy atom. The maximum absolute atomic E-state index is 11.1. The largest absolute Gasteiger partial charge is 0.496 e. The highest BCUT2D eigenvalue weighted by atomic mass is 16.5. The molecule has 116 valence electrons. The predicted octanol–water partition coefficient (Wildman–Crippen LogP) is 1.92. The van der Waals surface area contributed by atoms with E-state index in [4.69, 9.17) is 9.84 Å². The second-order valence-corrected chi connectivity index (χ2v) is 5.87. The summed E-state index contributed by atoms with van der Waals surface area (Å²) in [6, 6.07) is 5.93. The topological polar surface area (TPSA) is 53.0 Å². The summed E-state index contributed by atoms with van der Waals surface area (Å²) in [5.41, 5.74) is 1.31. The minimum absolute atomic E-state index is 0.215. The summed E-state index contributed by atoms with van der Waals surface area (Å²) in [5.74, 6) is -0.520. The van der Waals surface area contributed by atoms with Crippen LogP contribution in [-0.2, 0) is 6.54 Å². The van der Waals surface area contributed by atoms with Crippen molar-refractivity contribution < 1.29 is 14.6 Å². The third-order valence-corrected chi connectivity index (χ3v) is 3.96. The number of likely N-dealkylation sites (N-methyl/N-ethyl adjacent to an activating group) is 1. The zero-order valence-corrected chi connectivity index (χ0v) is 13.0. The third-order valence-electron chi connectivity index (χ3n) is 3.96. The van der Waals surface area contributed by atoms with Crippen LogP contribution in [-0.4, -0.2) is 61.2 Å². The molecule has 1 unspecified atom stereocenters. The lowest BCUT2D eigenvalue weighted by molar-refractivity contribution is 0.0693. The minimum Gasteiger partial charge on any atom is -0.496 e. The number of aromatic carboxylic acids is 1. The van der Waals surface area contributed by atoms with Crippen molar-refractivity contribution in [1.82, 2.24) is 9.80 Å². The Hall–Kier alpha value is -1.59. The van der Waals surface area contributed by atoms with Gasteiger partial charge in [-0.2, -0.15) is 0 Å². The molecule has 0 aliphatic carbocycles. The van der Waals surface area contributed by atoms with Crippen LogP contribution in [0.25, 0.3) is 0 Å². The molecule has 0 radical (unpaired) electrons. The normalized spacial score (nSPS) is 19.1. The number of methoxy groups -OCH3 is 1. The van der Waals surface area contributed by atoms with E-state index in [9.17, 15) is 4.79 Å². The van der Waals surface area contributed by atoms with Crippen LogP contribution >= 0.6 is 0 Å². The van der Waals surface area contributed by atoms with Crippen molar-refractivity contribution in [3.8, 4) is 5.75 Å². The van der Waals surface area contributed by atoms with E-state index in [1.54, 1.807) is 6.07 Å². The molecule has 1 N–H and O–H groups in total. The van der Waals surface area contributed by atoms with Gasteiger partial charge in [0.15, 0.2) is 0 Å². The fraction of sp³-hybridized carbons (Fsp3) is 0.562. The minimum atomic E-state index is -0.954. The number of carboxylic acid groups (broad SMARTS) is 1. The molecule has 21 heavy (non-hydrogen) atoms. The summed E-state index contributed by atoms with van der Waals surface area (Å²) in [5, 5.41) is 9.12. The molecule has 0 bridgehead atoms. The molecule has 0 saturated carbocycles. The standard InChI is InChI=1S/C16H24N2O3/c1-17(2)11-13-5-4-8-18(13)10-12-6-7-14(16(19)20)15(9-12)21-3/h6-7,9,13H,4-5,8,10-11H2,1-3H3,(H,19,20). The van der Waals surface area contributed by atoms with Crippen molar-refractivity contribution in [1.29, 1.82) is 0 Å². The zero-order valence-electron chi connectivity index (χ0n) is 13.0. The van der Waals surface area contributed by atoms with Gasteiger partial charge < -0.3 is 14.7 Å². The third kappa shape index (κ3) is 3.95. The van der Waals surface area contributed by atoms with Gasteiger partial charge in [-0.05, 0) is 51.2 Å². The Balaban J connectivity index is 2.10. The Morgan fingerprint density at radius 2 is 2.24 bits per heavy atom. The van der Waals surface area contributed by atoms with Gasteiger partial charge in [0.2, 0.25) is 0 Å². The Labute approximate surface area is 126 Å². The van der Waals surface area contributed by atoms with Crippen LogP contribution in [0, 0.1) is 0 Å². The molecule has 1 atom stereocenters. The second-order valence-electron chi connectivity index (χ2n) is 5.87. The first-order valence-electron chi connectivity index (χ1n) is 7.30. The molecule has 1 aromatic carbocycles. The fourth-order valence-corrected chi connectivity index (χ4v) is 2.98. The molecule has 1 aromatic rings. The van der Waals surface area contributed by atoms with Crippen LogP contribution in [0.15, 0.2) is 18.2 Å². The van der Waals surface area contributed by atoms with Gasteiger partial charge in [0.05, 0.1) is 7.11 Å². The van der Waals surface area contributed by atoms with Crippen LogP contribution in [0.2, 0.25) is 0 Å². The molecule has 0 amide bonds. The first-order chi connectivity index (χ1) is 10.0. The monoisotopic (exact) mass is 292 g/mol. The highest BCUT2D eigenvalue weighted by molar-refractivity contribution is 5.90. The number of hydrogen-bond donors (Lipinski definition) is 1. The lowest BCUT2D eigenvalue weighted by atomic mass is 10.1. The van der Waals surface area contributed by atoms with Crippen molar-refractivity contribution in [3.05, 3.63) is 29.3 Å². The van der Waals surface area contributed by atoms with E-state index in [0.29, 0.717) is 11.8 Å². The molecule has 2 rings (SSSR count). The van der Waals surface area contributed by atoms with E-state index >= 15 is 0 Å². The lowest BCUT2D eigenvalue weighted by Gasteiger charge is -2.27. The van der Waals surface area contributed by atoms with Crippen LogP contribution in [0.4, 0.5) is 0 Å². The molecule has 0 aromatic heterocycles. The van der Waals surface area contributed by atoms with Gasteiger partial charge in [0.1, 0.15) is 11.3 Å². The van der Waals surface area contributed by atoms with Crippen LogP contribution in [0.5, 0.6) is 5.75 Å². The van der Waals surface area contributed by atoms with Crippen LogP contribution < -0.4 is 4.74 Å². The summed E-state index contributed by atoms with van der Waals surface area (Å²) in [6.45, 7) is 3.00. The molecular weight excluding hydrogens is 268 g/mol. The van der Waals surface area contributed by atoms with Crippen molar-refractivity contribution in [2.45, 2.75) is 25.4 Å². The van der Waals surface area contributed by atoms with Crippen LogP contribution in [0.1, 0.15) is 28.8 Å². The maximum Gasteiger partial charge on any atom is 0.339 e. The summed E-state index contributed by atoms with van der Waals surface area (Å²) < 4.78 is 5.20. The molecular formula is C16H24N2O3. The number of carboxylic acids is 1. The van der Waals surface area contributed by atoms with Gasteiger partial charge >= 0.3 is 5.97 Å². The van der Waals surface area contributed by atoms with Crippen molar-refractivity contribution in [3.63, 3.8) is 0 Å². The quantitative estimate of drug-likeness (QED) is 0.868. The van der Waals surface area contributed by atoms with E-state index in [1.807, 2.05) is 12.1 Å². The average molecular weight is 292 g/mol. The number of hydrogen-bond acceptors (Lipinski definition) is 4. The summed E-state index contributed by atoms with van der Waals surface area (Å²) >= 11 is 0. The molecule has 1 heterocycles. The molecule has 1 saturated heterocycles. The van der Waals surface area contributed by atoms with Gasteiger partial charge in [-0.25, -0.2) is 4.79 Å². The van der Waals surface area contributed by atoms with E-state index in [1.165, 1.54) is 20.0 Å². The SMILES string of the molecule is COc1cc(CN2CCCC2CN(C)C)ccc1C(=O)O. The first kappa shape index (κ1) is 15.8. The number of benzene rings is 1. The first-order valence-corrected chi connectivity index (χ1v) is 7.30. The Kier molecular flexibility index (Phi) is 5.20. The van der Waals surface area contributed by atoms with Gasteiger partial charge in [-0.15, -0.1) is 0 Å². The highest BCUT2D eigenvalue weighted by Gasteiger charge is 2.25. The number of nitrogens with zero attached hydrogens (tertiary/aromatic N) is 2. The maximum atomic E-state index is 11.1. The van der Waals surface area contributed by atoms with Crippen molar-refractivity contribution >= 4 is 5.97 Å². The average Bonchev–Trinajstić information content (AvgIpc) is 2.84. The molecule has 0 spiro atoms. The number of likely N-dealkylation sites (tertiary alicyclic amines) is 1. The Bertz CT molecular complexity index is 502. The highest BCUT2D eigenvalue weighted by Crippen LogP contribution is 2.24. The summed E-state index contributed by atoms with van der Waals surface area (Å²) in [6.07, 6.45) is 2.45. The molecule has 1 fully saturated rings. The zero-order chi connectivity index (χ0) is 15.4. The van der Waals surface area contributed by atoms with Gasteiger partial charge in [-0.1, -0.05) is 6.07 Å². The van der Waals surface area contributed by atoms with E-state index in [2.05, 4.69) is 23.9 Å². The van der Waals surface area contributed by atoms with Crippen LogP contribution in [0.3, 0.4) is 0 Å². The number of ether oxygens (including phenoxy) is 1.